The van der Waals surface area contributed by atoms with Gasteiger partial charge in [0.2, 0.25) is 0 Å². The third kappa shape index (κ3) is 4.64. The van der Waals surface area contributed by atoms with E-state index in [4.69, 9.17) is 4.74 Å². The monoisotopic (exact) mass is 245 g/mol. The van der Waals surface area contributed by atoms with E-state index < -0.39 is 0 Å². The van der Waals surface area contributed by atoms with E-state index in [0.29, 0.717) is 22.8 Å². The Morgan fingerprint density at radius 1 is 1.44 bits per heavy atom. The molecule has 1 aliphatic rings. The Labute approximate surface area is 105 Å². The molecule has 0 bridgehead atoms. The molecule has 0 saturated carbocycles. The predicted octanol–water partition coefficient (Wildman–Crippen LogP) is 2.92. The average Bonchev–Trinajstić information content (AvgIpc) is 2.27. The highest BCUT2D eigenvalue weighted by atomic mass is 32.2. The van der Waals surface area contributed by atoms with E-state index in [2.05, 4.69) is 39.3 Å². The van der Waals surface area contributed by atoms with Crippen LogP contribution in [0.15, 0.2) is 0 Å². The maximum absolute atomic E-state index is 5.78. The summed E-state index contributed by atoms with van der Waals surface area (Å²) >= 11 is 1.93. The second kappa shape index (κ2) is 6.27. The van der Waals surface area contributed by atoms with Crippen molar-refractivity contribution in [2.45, 2.75) is 57.4 Å². The lowest BCUT2D eigenvalue weighted by Crippen LogP contribution is -2.45. The van der Waals surface area contributed by atoms with Gasteiger partial charge in [-0.2, -0.15) is 11.8 Å². The van der Waals surface area contributed by atoms with Crippen LogP contribution in [0.2, 0.25) is 0 Å². The largest absolute Gasteiger partial charge is 0.378 e. The van der Waals surface area contributed by atoms with E-state index in [0.717, 1.165) is 19.6 Å². The Morgan fingerprint density at radius 3 is 2.69 bits per heavy atom. The van der Waals surface area contributed by atoms with Crippen molar-refractivity contribution in [2.24, 2.45) is 5.92 Å². The molecule has 1 heterocycles. The fraction of sp³-hybridized carbons (Fsp3) is 1.00. The van der Waals surface area contributed by atoms with Gasteiger partial charge in [0.25, 0.3) is 0 Å². The van der Waals surface area contributed by atoms with Crippen molar-refractivity contribution >= 4 is 11.8 Å². The number of nitrogens with one attached hydrogen (secondary N) is 1. The molecule has 1 N–H and O–H groups in total. The van der Waals surface area contributed by atoms with Crippen LogP contribution in [0.4, 0.5) is 0 Å². The Kier molecular flexibility index (Phi) is 5.62. The van der Waals surface area contributed by atoms with E-state index in [1.54, 1.807) is 0 Å². The van der Waals surface area contributed by atoms with Crippen LogP contribution in [0.25, 0.3) is 0 Å². The summed E-state index contributed by atoms with van der Waals surface area (Å²) in [5, 5.41) is 3.70. The van der Waals surface area contributed by atoms with Gasteiger partial charge in [0.05, 0.1) is 6.10 Å². The number of hydrogen-bond acceptors (Lipinski definition) is 3. The Hall–Kier alpha value is 0.270. The zero-order valence-electron chi connectivity index (χ0n) is 11.4. The van der Waals surface area contributed by atoms with Crippen molar-refractivity contribution in [1.29, 1.82) is 0 Å². The summed E-state index contributed by atoms with van der Waals surface area (Å²) in [5.41, 5.74) is 0. The summed E-state index contributed by atoms with van der Waals surface area (Å²) < 4.78 is 6.12. The second-order valence-corrected chi connectivity index (χ2v) is 7.23. The summed E-state index contributed by atoms with van der Waals surface area (Å²) in [6.45, 7) is 11.1. The molecule has 0 amide bonds. The average molecular weight is 245 g/mol. The molecule has 1 saturated heterocycles. The molecule has 2 unspecified atom stereocenters. The molecule has 96 valence electrons. The van der Waals surface area contributed by atoms with E-state index in [-0.39, 0.29) is 0 Å². The zero-order valence-corrected chi connectivity index (χ0v) is 12.2. The van der Waals surface area contributed by atoms with Gasteiger partial charge in [-0.3, -0.25) is 0 Å². The molecule has 16 heavy (non-hydrogen) atoms. The fourth-order valence-electron chi connectivity index (χ4n) is 1.94. The lowest BCUT2D eigenvalue weighted by Gasteiger charge is -2.34. The highest BCUT2D eigenvalue weighted by Gasteiger charge is 2.26. The Bertz CT molecular complexity index is 206. The van der Waals surface area contributed by atoms with Crippen molar-refractivity contribution in [1.82, 2.24) is 5.32 Å². The first-order valence-electron chi connectivity index (χ1n) is 6.35. The summed E-state index contributed by atoms with van der Waals surface area (Å²) in [5.74, 6) is 0.637. The minimum Gasteiger partial charge on any atom is -0.378 e. The van der Waals surface area contributed by atoms with Crippen molar-refractivity contribution in [3.63, 3.8) is 0 Å². The van der Waals surface area contributed by atoms with E-state index in [1.165, 1.54) is 6.42 Å². The number of ether oxygens (including phenoxy) is 1. The molecule has 1 aliphatic heterocycles. The molecule has 0 spiro atoms. The molecule has 1 rings (SSSR count). The quantitative estimate of drug-likeness (QED) is 0.805. The molecular weight excluding hydrogens is 218 g/mol. The van der Waals surface area contributed by atoms with Crippen molar-refractivity contribution in [3.8, 4) is 0 Å². The van der Waals surface area contributed by atoms with E-state index in [9.17, 15) is 0 Å². The first kappa shape index (κ1) is 14.3. The van der Waals surface area contributed by atoms with Crippen LogP contribution in [0.1, 0.15) is 40.5 Å². The molecule has 2 atom stereocenters. The van der Waals surface area contributed by atoms with Gasteiger partial charge < -0.3 is 10.1 Å². The lowest BCUT2D eigenvalue weighted by atomic mass is 9.95. The number of rotatable bonds is 5. The summed E-state index contributed by atoms with van der Waals surface area (Å²) in [6.07, 6.45) is 4.96. The standard InChI is InChI=1S/C13H27NOS/c1-10(2)12-8-11(6-7-15-12)14-9-13(3,4)16-5/h10-12,14H,6-9H2,1-5H3. The van der Waals surface area contributed by atoms with Crippen molar-refractivity contribution in [3.05, 3.63) is 0 Å². The van der Waals surface area contributed by atoms with Gasteiger partial charge in [0.15, 0.2) is 0 Å². The van der Waals surface area contributed by atoms with Crippen LogP contribution in [-0.2, 0) is 4.74 Å². The van der Waals surface area contributed by atoms with Gasteiger partial charge in [-0.05, 0) is 38.9 Å². The molecule has 0 radical (unpaired) electrons. The van der Waals surface area contributed by atoms with Crippen LogP contribution >= 0.6 is 11.8 Å². The minimum absolute atomic E-state index is 0.339. The first-order valence-corrected chi connectivity index (χ1v) is 7.57. The maximum Gasteiger partial charge on any atom is 0.0612 e. The summed E-state index contributed by atoms with van der Waals surface area (Å²) in [6, 6.07) is 0.646. The zero-order chi connectivity index (χ0) is 12.2. The van der Waals surface area contributed by atoms with Crippen LogP contribution in [-0.4, -0.2) is 36.3 Å². The van der Waals surface area contributed by atoms with Crippen molar-refractivity contribution < 1.29 is 4.74 Å². The highest BCUT2D eigenvalue weighted by Crippen LogP contribution is 2.23. The van der Waals surface area contributed by atoms with E-state index >= 15 is 0 Å². The molecule has 0 aromatic heterocycles. The topological polar surface area (TPSA) is 21.3 Å². The second-order valence-electron chi connectivity index (χ2n) is 5.72. The van der Waals surface area contributed by atoms with Crippen LogP contribution in [0, 0.1) is 5.92 Å². The molecule has 0 aromatic carbocycles. The fourth-order valence-corrected chi connectivity index (χ4v) is 2.17. The normalized spacial score (nSPS) is 27.4. The molecule has 2 nitrogen and oxygen atoms in total. The van der Waals surface area contributed by atoms with Gasteiger partial charge in [-0.1, -0.05) is 13.8 Å². The smallest absolute Gasteiger partial charge is 0.0612 e. The summed E-state index contributed by atoms with van der Waals surface area (Å²) in [4.78, 5) is 0. The minimum atomic E-state index is 0.339. The third-order valence-corrected chi connectivity index (χ3v) is 4.68. The van der Waals surface area contributed by atoms with Gasteiger partial charge >= 0.3 is 0 Å². The molecule has 0 aromatic rings. The predicted molar refractivity (Wildman–Crippen MR) is 73.2 cm³/mol. The molecular formula is C13H27NOS. The van der Waals surface area contributed by atoms with Gasteiger partial charge in [0, 0.05) is 23.9 Å². The van der Waals surface area contributed by atoms with Crippen LogP contribution in [0.5, 0.6) is 0 Å². The molecule has 1 fully saturated rings. The maximum atomic E-state index is 5.78. The van der Waals surface area contributed by atoms with Crippen LogP contribution < -0.4 is 5.32 Å². The first-order chi connectivity index (χ1) is 7.44. The van der Waals surface area contributed by atoms with Crippen LogP contribution in [0.3, 0.4) is 0 Å². The lowest BCUT2D eigenvalue weighted by molar-refractivity contribution is -0.0244. The highest BCUT2D eigenvalue weighted by molar-refractivity contribution is 7.99. The Balaban J connectivity index is 2.32. The summed E-state index contributed by atoms with van der Waals surface area (Å²) in [7, 11) is 0. The third-order valence-electron chi connectivity index (χ3n) is 3.43. The molecule has 0 aliphatic carbocycles. The SMILES string of the molecule is CSC(C)(C)CNC1CCOC(C(C)C)C1. The molecule has 3 heteroatoms. The van der Waals surface area contributed by atoms with Crippen molar-refractivity contribution in [2.75, 3.05) is 19.4 Å². The van der Waals surface area contributed by atoms with Gasteiger partial charge in [-0.25, -0.2) is 0 Å². The van der Waals surface area contributed by atoms with E-state index in [1.807, 2.05) is 11.8 Å². The number of thioether (sulfide) groups is 1. The van der Waals surface area contributed by atoms with Gasteiger partial charge in [-0.15, -0.1) is 0 Å². The van der Waals surface area contributed by atoms with Gasteiger partial charge in [0.1, 0.15) is 0 Å². The number of hydrogen-bond donors (Lipinski definition) is 1. The Morgan fingerprint density at radius 2 is 2.12 bits per heavy atom.